The molecule has 0 aliphatic heterocycles. The Morgan fingerprint density at radius 1 is 0.667 bits per heavy atom. The van der Waals surface area contributed by atoms with Crippen molar-refractivity contribution in [3.05, 3.63) is 137 Å². The number of hydrogen-bond acceptors (Lipinski definition) is 3. The Hall–Kier alpha value is -4.32. The van der Waals surface area contributed by atoms with Gasteiger partial charge in [-0.05, 0) is 70.5 Å². The summed E-state index contributed by atoms with van der Waals surface area (Å²) in [4.78, 5) is 22.2. The molecule has 0 spiro atoms. The van der Waals surface area contributed by atoms with Gasteiger partial charge in [0.15, 0.2) is 0 Å². The monoisotopic (exact) mass is 484 g/mol. The second kappa shape index (κ2) is 9.74. The first-order chi connectivity index (χ1) is 17.5. The van der Waals surface area contributed by atoms with Crippen LogP contribution in [0.3, 0.4) is 0 Å². The molecule has 6 heteroatoms. The normalized spacial score (nSPS) is 20.8. The smallest absolute Gasteiger partial charge is 0.335 e. The molecule has 1 aliphatic carbocycles. The third kappa shape index (κ3) is 4.15. The molecule has 1 saturated carbocycles. The minimum absolute atomic E-state index is 0.151. The number of hydrogen-bond donors (Lipinski definition) is 1. The van der Waals surface area contributed by atoms with Crippen LogP contribution in [0, 0.1) is 11.6 Å². The van der Waals surface area contributed by atoms with E-state index in [-0.39, 0.29) is 35.0 Å². The number of benzene rings is 4. The summed E-state index contributed by atoms with van der Waals surface area (Å²) in [7, 11) is 0. The van der Waals surface area contributed by atoms with Crippen molar-refractivity contribution >= 4 is 12.4 Å². The highest BCUT2D eigenvalue weighted by Crippen LogP contribution is 2.67. The highest BCUT2D eigenvalue weighted by molar-refractivity contribution is 5.87. The van der Waals surface area contributed by atoms with Crippen LogP contribution in [0.4, 0.5) is 8.78 Å². The van der Waals surface area contributed by atoms with Gasteiger partial charge in [-0.3, -0.25) is 4.79 Å². The van der Waals surface area contributed by atoms with Gasteiger partial charge in [-0.1, -0.05) is 60.7 Å². The van der Waals surface area contributed by atoms with E-state index in [1.807, 2.05) is 12.1 Å². The topological polar surface area (TPSA) is 63.6 Å². The quantitative estimate of drug-likeness (QED) is 0.299. The predicted octanol–water partition coefficient (Wildman–Crippen LogP) is 6.65. The van der Waals surface area contributed by atoms with E-state index < -0.39 is 11.9 Å². The first-order valence-electron chi connectivity index (χ1n) is 11.5. The van der Waals surface area contributed by atoms with Crippen LogP contribution in [0.25, 0.3) is 0 Å². The molecular formula is C30H22F2O4. The number of ether oxygens (including phenoxy) is 1. The standard InChI is InChI=1S/C30H22F2O4/c31-24-7-3-1-5-22(24)28-26(18-9-11-20(12-10-18)30(34)35)27(19-13-15-21(16-14-19)36-17-33)29(28)23-6-2-4-8-25(23)32/h1-17,26-29H,(H,34,35)/t26-,27+,28+,29-/m1/s1. The predicted molar refractivity (Wildman–Crippen MR) is 130 cm³/mol. The van der Waals surface area contributed by atoms with Crippen LogP contribution in [-0.2, 0) is 4.79 Å². The molecule has 0 heterocycles. The molecule has 0 radical (unpaired) electrons. The van der Waals surface area contributed by atoms with Crippen LogP contribution in [0.2, 0.25) is 0 Å². The van der Waals surface area contributed by atoms with E-state index in [1.54, 1.807) is 60.7 Å². The van der Waals surface area contributed by atoms with Gasteiger partial charge in [0.25, 0.3) is 6.47 Å². The summed E-state index contributed by atoms with van der Waals surface area (Å²) in [5.74, 6) is -2.67. The fourth-order valence-electron chi connectivity index (χ4n) is 5.51. The van der Waals surface area contributed by atoms with Gasteiger partial charge < -0.3 is 9.84 Å². The molecule has 4 aromatic rings. The SMILES string of the molecule is O=COc1ccc([C@H]2[C@@H](c3ccc(C(=O)O)cc3)[C@H](c3ccccc3F)[C@@H]2c2ccccc2F)cc1. The maximum Gasteiger partial charge on any atom is 0.335 e. The molecule has 36 heavy (non-hydrogen) atoms. The molecule has 4 nitrogen and oxygen atoms in total. The summed E-state index contributed by atoms with van der Waals surface area (Å²) < 4.78 is 35.2. The van der Waals surface area contributed by atoms with Crippen molar-refractivity contribution in [3.8, 4) is 5.75 Å². The van der Waals surface area contributed by atoms with E-state index in [4.69, 9.17) is 4.74 Å². The Morgan fingerprint density at radius 2 is 1.11 bits per heavy atom. The number of halogens is 2. The lowest BCUT2D eigenvalue weighted by Crippen LogP contribution is -2.41. The van der Waals surface area contributed by atoms with Gasteiger partial charge in [0, 0.05) is 11.8 Å². The van der Waals surface area contributed by atoms with Crippen molar-refractivity contribution < 1.29 is 28.2 Å². The van der Waals surface area contributed by atoms with E-state index >= 15 is 8.78 Å². The Balaban J connectivity index is 1.68. The maximum absolute atomic E-state index is 15.2. The van der Waals surface area contributed by atoms with Crippen LogP contribution < -0.4 is 4.74 Å². The Kier molecular flexibility index (Phi) is 6.34. The van der Waals surface area contributed by atoms with Gasteiger partial charge >= 0.3 is 5.97 Å². The number of carboxylic acids is 1. The zero-order chi connectivity index (χ0) is 25.2. The van der Waals surface area contributed by atoms with Crippen LogP contribution >= 0.6 is 0 Å². The van der Waals surface area contributed by atoms with Crippen molar-refractivity contribution in [1.29, 1.82) is 0 Å². The van der Waals surface area contributed by atoms with Gasteiger partial charge in [-0.25, -0.2) is 13.6 Å². The number of carbonyl (C=O) groups excluding carboxylic acids is 1. The Morgan fingerprint density at radius 3 is 1.53 bits per heavy atom. The summed E-state index contributed by atoms with van der Waals surface area (Å²) in [6.07, 6.45) is 0. The summed E-state index contributed by atoms with van der Waals surface area (Å²) in [6, 6.07) is 26.6. The number of carbonyl (C=O) groups is 2. The maximum atomic E-state index is 15.2. The van der Waals surface area contributed by atoms with Gasteiger partial charge in [0.05, 0.1) is 5.56 Å². The molecular weight excluding hydrogens is 462 g/mol. The third-order valence-corrected chi connectivity index (χ3v) is 7.07. The average Bonchev–Trinajstić information content (AvgIpc) is 2.87. The summed E-state index contributed by atoms with van der Waals surface area (Å²) in [5.41, 5.74) is 2.83. The fourth-order valence-corrected chi connectivity index (χ4v) is 5.51. The van der Waals surface area contributed by atoms with Crippen LogP contribution in [0.5, 0.6) is 5.75 Å². The van der Waals surface area contributed by atoms with Crippen molar-refractivity contribution in [1.82, 2.24) is 0 Å². The van der Waals surface area contributed by atoms with Crippen molar-refractivity contribution in [3.63, 3.8) is 0 Å². The van der Waals surface area contributed by atoms with Crippen molar-refractivity contribution in [2.75, 3.05) is 0 Å². The Bertz CT molecular complexity index is 1400. The average molecular weight is 484 g/mol. The van der Waals surface area contributed by atoms with Gasteiger partial charge in [-0.2, -0.15) is 0 Å². The largest absolute Gasteiger partial charge is 0.478 e. The second-order valence-corrected chi connectivity index (χ2v) is 8.86. The minimum Gasteiger partial charge on any atom is -0.478 e. The molecule has 4 aromatic carbocycles. The highest BCUT2D eigenvalue weighted by atomic mass is 19.1. The molecule has 1 fully saturated rings. The molecule has 5 rings (SSSR count). The minimum atomic E-state index is -1.03. The van der Waals surface area contributed by atoms with Gasteiger partial charge in [-0.15, -0.1) is 0 Å². The lowest BCUT2D eigenvalue weighted by atomic mass is 9.49. The molecule has 0 bridgehead atoms. The molecule has 1 N–H and O–H groups in total. The van der Waals surface area contributed by atoms with E-state index in [1.165, 1.54) is 24.3 Å². The number of rotatable bonds is 7. The summed E-state index contributed by atoms with van der Waals surface area (Å²) in [5, 5.41) is 9.34. The van der Waals surface area contributed by atoms with Gasteiger partial charge in [0.1, 0.15) is 17.4 Å². The second-order valence-electron chi connectivity index (χ2n) is 8.86. The first-order valence-corrected chi connectivity index (χ1v) is 11.5. The molecule has 0 amide bonds. The van der Waals surface area contributed by atoms with Gasteiger partial charge in [0.2, 0.25) is 0 Å². The van der Waals surface area contributed by atoms with Crippen LogP contribution in [0.1, 0.15) is 56.3 Å². The Labute approximate surface area is 206 Å². The van der Waals surface area contributed by atoms with Crippen LogP contribution in [-0.4, -0.2) is 17.5 Å². The molecule has 4 atom stereocenters. The van der Waals surface area contributed by atoms with Crippen molar-refractivity contribution in [2.45, 2.75) is 23.7 Å². The lowest BCUT2D eigenvalue weighted by Gasteiger charge is -2.53. The molecule has 0 aromatic heterocycles. The van der Waals surface area contributed by atoms with E-state index in [0.29, 0.717) is 23.3 Å². The molecule has 0 saturated heterocycles. The molecule has 1 aliphatic rings. The van der Waals surface area contributed by atoms with E-state index in [0.717, 1.165) is 11.1 Å². The fraction of sp³-hybridized carbons (Fsp3) is 0.133. The zero-order valence-electron chi connectivity index (χ0n) is 19.1. The third-order valence-electron chi connectivity index (χ3n) is 7.07. The van der Waals surface area contributed by atoms with E-state index in [2.05, 4.69) is 0 Å². The van der Waals surface area contributed by atoms with Crippen LogP contribution in [0.15, 0.2) is 97.1 Å². The summed E-state index contributed by atoms with van der Waals surface area (Å²) in [6.45, 7) is 0.349. The first kappa shape index (κ1) is 23.4. The summed E-state index contributed by atoms with van der Waals surface area (Å²) >= 11 is 0. The highest BCUT2D eigenvalue weighted by Gasteiger charge is 2.54. The molecule has 0 unspecified atom stereocenters. The number of aromatic carboxylic acids is 1. The number of carboxylic acid groups (broad SMARTS) is 1. The molecule has 180 valence electrons. The zero-order valence-corrected chi connectivity index (χ0v) is 19.1. The van der Waals surface area contributed by atoms with E-state index in [9.17, 15) is 14.7 Å². The van der Waals surface area contributed by atoms with Crippen molar-refractivity contribution in [2.24, 2.45) is 0 Å². The lowest BCUT2D eigenvalue weighted by molar-refractivity contribution is -0.120.